The second kappa shape index (κ2) is 5.87. The van der Waals surface area contributed by atoms with Gasteiger partial charge in [0.15, 0.2) is 0 Å². The molecule has 0 aliphatic rings. The third-order valence-electron chi connectivity index (χ3n) is 3.40. The molecule has 112 valence electrons. The summed E-state index contributed by atoms with van der Waals surface area (Å²) in [5.41, 5.74) is 8.46. The van der Waals surface area contributed by atoms with Crippen molar-refractivity contribution in [3.05, 3.63) is 41.2 Å². The zero-order valence-electron chi connectivity index (χ0n) is 12.8. The van der Waals surface area contributed by atoms with Gasteiger partial charge in [-0.15, -0.1) is 0 Å². The van der Waals surface area contributed by atoms with Gasteiger partial charge in [0.05, 0.1) is 18.5 Å². The lowest BCUT2D eigenvalue weighted by molar-refractivity contribution is 0.0775. The van der Waals surface area contributed by atoms with Gasteiger partial charge in [-0.25, -0.2) is 0 Å². The number of aromatic nitrogens is 2. The van der Waals surface area contributed by atoms with Gasteiger partial charge in [0, 0.05) is 20.6 Å². The fraction of sp³-hybridized carbons (Fsp3) is 0.333. The highest BCUT2D eigenvalue weighted by Gasteiger charge is 2.21. The van der Waals surface area contributed by atoms with Gasteiger partial charge in [-0.1, -0.05) is 12.1 Å². The van der Waals surface area contributed by atoms with E-state index in [0.717, 1.165) is 11.3 Å². The van der Waals surface area contributed by atoms with Gasteiger partial charge in [-0.05, 0) is 24.6 Å². The highest BCUT2D eigenvalue weighted by atomic mass is 16.5. The van der Waals surface area contributed by atoms with Gasteiger partial charge in [0.1, 0.15) is 11.4 Å². The number of nitrogens with two attached hydrogens (primary N) is 1. The minimum atomic E-state index is -0.147. The Hall–Kier alpha value is -2.50. The van der Waals surface area contributed by atoms with Crippen molar-refractivity contribution >= 4 is 11.6 Å². The van der Waals surface area contributed by atoms with E-state index in [1.54, 1.807) is 33.0 Å². The first-order valence-electron chi connectivity index (χ1n) is 6.61. The summed E-state index contributed by atoms with van der Waals surface area (Å²) in [4.78, 5) is 14.1. The van der Waals surface area contributed by atoms with Crippen molar-refractivity contribution in [3.63, 3.8) is 0 Å². The number of amides is 1. The monoisotopic (exact) mass is 288 g/mol. The Kier molecular flexibility index (Phi) is 4.16. The summed E-state index contributed by atoms with van der Waals surface area (Å²) in [6.07, 6.45) is 0. The minimum Gasteiger partial charge on any atom is -0.497 e. The van der Waals surface area contributed by atoms with Crippen LogP contribution >= 0.6 is 0 Å². The molecule has 6 nitrogen and oxygen atoms in total. The Morgan fingerprint density at radius 1 is 1.38 bits per heavy atom. The normalized spacial score (nSPS) is 10.5. The summed E-state index contributed by atoms with van der Waals surface area (Å²) < 4.78 is 6.64. The topological polar surface area (TPSA) is 73.4 Å². The van der Waals surface area contributed by atoms with Crippen LogP contribution in [0.1, 0.15) is 21.7 Å². The molecule has 2 aromatic rings. The molecule has 1 aromatic carbocycles. The quantitative estimate of drug-likeness (QED) is 0.927. The summed E-state index contributed by atoms with van der Waals surface area (Å²) >= 11 is 0. The van der Waals surface area contributed by atoms with E-state index in [-0.39, 0.29) is 5.91 Å². The summed E-state index contributed by atoms with van der Waals surface area (Å²) in [5.74, 6) is 0.644. The van der Waals surface area contributed by atoms with Crippen molar-refractivity contribution in [2.45, 2.75) is 13.5 Å². The first kappa shape index (κ1) is 14.9. The molecule has 0 saturated carbocycles. The van der Waals surface area contributed by atoms with Crippen LogP contribution in [0.4, 0.5) is 5.69 Å². The number of nitrogens with zero attached hydrogens (tertiary/aromatic N) is 3. The highest BCUT2D eigenvalue weighted by molar-refractivity contribution is 5.97. The van der Waals surface area contributed by atoms with Crippen molar-refractivity contribution in [1.29, 1.82) is 0 Å². The predicted octanol–water partition coefficient (Wildman–Crippen LogP) is 1.59. The van der Waals surface area contributed by atoms with Gasteiger partial charge < -0.3 is 15.4 Å². The maximum Gasteiger partial charge on any atom is 0.274 e. The molecule has 2 rings (SSSR count). The van der Waals surface area contributed by atoms with Crippen molar-refractivity contribution in [3.8, 4) is 5.75 Å². The molecule has 21 heavy (non-hydrogen) atoms. The molecule has 1 heterocycles. The maximum absolute atomic E-state index is 12.5. The minimum absolute atomic E-state index is 0.147. The van der Waals surface area contributed by atoms with E-state index in [9.17, 15) is 4.79 Å². The predicted molar refractivity (Wildman–Crippen MR) is 81.1 cm³/mol. The van der Waals surface area contributed by atoms with E-state index in [0.29, 0.717) is 23.6 Å². The molecule has 6 heteroatoms. The lowest BCUT2D eigenvalue weighted by Crippen LogP contribution is -2.28. The number of methoxy groups -OCH3 is 1. The van der Waals surface area contributed by atoms with E-state index >= 15 is 0 Å². The molecule has 2 N–H and O–H groups in total. The molecule has 1 aromatic heterocycles. The summed E-state index contributed by atoms with van der Waals surface area (Å²) in [5, 5.41) is 4.17. The number of hydrogen-bond donors (Lipinski definition) is 1. The van der Waals surface area contributed by atoms with Crippen molar-refractivity contribution in [2.24, 2.45) is 7.05 Å². The average Bonchev–Trinajstić information content (AvgIpc) is 2.72. The SMILES string of the molecule is COc1ccc(CN(C)C(=O)c2c(N)c(C)nn2C)cc1. The first-order chi connectivity index (χ1) is 9.93. The average molecular weight is 288 g/mol. The third kappa shape index (κ3) is 2.99. The number of hydrogen-bond acceptors (Lipinski definition) is 4. The van der Waals surface area contributed by atoms with Crippen LogP contribution in [0, 0.1) is 6.92 Å². The van der Waals surface area contributed by atoms with E-state index in [2.05, 4.69) is 5.10 Å². The van der Waals surface area contributed by atoms with E-state index in [4.69, 9.17) is 10.5 Å². The summed E-state index contributed by atoms with van der Waals surface area (Å²) in [6, 6.07) is 7.60. The van der Waals surface area contributed by atoms with Gasteiger partial charge in [-0.3, -0.25) is 9.48 Å². The molecule has 0 aliphatic carbocycles. The number of ether oxygens (including phenoxy) is 1. The smallest absolute Gasteiger partial charge is 0.274 e. The Balaban J connectivity index is 2.15. The van der Waals surface area contributed by atoms with Crippen LogP contribution in [-0.4, -0.2) is 34.7 Å². The number of anilines is 1. The molecular weight excluding hydrogens is 268 g/mol. The standard InChI is InChI=1S/C15H20N4O2/c1-10-13(16)14(19(3)17-10)15(20)18(2)9-11-5-7-12(21-4)8-6-11/h5-8H,9,16H2,1-4H3. The molecule has 0 saturated heterocycles. The number of benzene rings is 1. The number of carbonyl (C=O) groups excluding carboxylic acids is 1. The summed E-state index contributed by atoms with van der Waals surface area (Å²) in [7, 11) is 5.09. The molecule has 0 unspecified atom stereocenters. The number of carbonyl (C=O) groups is 1. The Labute approximate surface area is 124 Å². The molecule has 0 fully saturated rings. The van der Waals surface area contributed by atoms with Gasteiger partial charge in [0.25, 0.3) is 5.91 Å². The molecule has 0 bridgehead atoms. The lowest BCUT2D eigenvalue weighted by atomic mass is 10.2. The Morgan fingerprint density at radius 2 is 2.00 bits per heavy atom. The van der Waals surface area contributed by atoms with Crippen LogP contribution in [0.5, 0.6) is 5.75 Å². The second-order valence-electron chi connectivity index (χ2n) is 4.98. The largest absolute Gasteiger partial charge is 0.497 e. The second-order valence-corrected chi connectivity index (χ2v) is 4.98. The van der Waals surface area contributed by atoms with Crippen LogP contribution < -0.4 is 10.5 Å². The zero-order valence-corrected chi connectivity index (χ0v) is 12.8. The lowest BCUT2D eigenvalue weighted by Gasteiger charge is -2.18. The Morgan fingerprint density at radius 3 is 2.48 bits per heavy atom. The van der Waals surface area contributed by atoms with Gasteiger partial charge in [-0.2, -0.15) is 5.10 Å². The van der Waals surface area contributed by atoms with Crippen molar-refractivity contribution in [2.75, 3.05) is 19.9 Å². The molecular formula is C15H20N4O2. The van der Waals surface area contributed by atoms with Gasteiger partial charge >= 0.3 is 0 Å². The van der Waals surface area contributed by atoms with Gasteiger partial charge in [0.2, 0.25) is 0 Å². The van der Waals surface area contributed by atoms with E-state index in [1.807, 2.05) is 24.3 Å². The van der Waals surface area contributed by atoms with Crippen molar-refractivity contribution < 1.29 is 9.53 Å². The molecule has 0 atom stereocenters. The number of aryl methyl sites for hydroxylation is 2. The van der Waals surface area contributed by atoms with Crippen LogP contribution in [0.2, 0.25) is 0 Å². The number of rotatable bonds is 4. The van der Waals surface area contributed by atoms with E-state index < -0.39 is 0 Å². The van der Waals surface area contributed by atoms with Crippen LogP contribution in [-0.2, 0) is 13.6 Å². The first-order valence-corrected chi connectivity index (χ1v) is 6.61. The highest BCUT2D eigenvalue weighted by Crippen LogP contribution is 2.18. The van der Waals surface area contributed by atoms with Crippen LogP contribution in [0.15, 0.2) is 24.3 Å². The van der Waals surface area contributed by atoms with E-state index in [1.165, 1.54) is 4.68 Å². The molecule has 0 radical (unpaired) electrons. The molecule has 0 aliphatic heterocycles. The van der Waals surface area contributed by atoms with Crippen LogP contribution in [0.3, 0.4) is 0 Å². The van der Waals surface area contributed by atoms with Crippen LogP contribution in [0.25, 0.3) is 0 Å². The fourth-order valence-corrected chi connectivity index (χ4v) is 2.19. The molecule has 0 spiro atoms. The Bertz CT molecular complexity index is 646. The molecule has 1 amide bonds. The van der Waals surface area contributed by atoms with Crippen molar-refractivity contribution in [1.82, 2.24) is 14.7 Å². The zero-order chi connectivity index (χ0) is 15.6. The summed E-state index contributed by atoms with van der Waals surface area (Å²) in [6.45, 7) is 2.28. The third-order valence-corrected chi connectivity index (χ3v) is 3.40. The number of nitrogen functional groups attached to an aromatic ring is 1. The maximum atomic E-state index is 12.5. The fourth-order valence-electron chi connectivity index (χ4n) is 2.19.